The van der Waals surface area contributed by atoms with E-state index in [2.05, 4.69) is 45.9 Å². The van der Waals surface area contributed by atoms with Crippen LogP contribution in [0, 0.1) is 0 Å². The summed E-state index contributed by atoms with van der Waals surface area (Å²) in [5, 5.41) is 0. The van der Waals surface area contributed by atoms with Gasteiger partial charge in [0.1, 0.15) is 0 Å². The highest BCUT2D eigenvalue weighted by Crippen LogP contribution is 2.28. The molecule has 0 fully saturated rings. The smallest absolute Gasteiger partial charge is 0.00690 e. The molecule has 1 aromatic carbocycles. The number of aryl methyl sites for hydroxylation is 2. The van der Waals surface area contributed by atoms with Crippen molar-refractivity contribution in [1.82, 2.24) is 0 Å². The SMILES string of the molecule is CCc1ccc(C(C)(C)CCN)cc1CC. The first kappa shape index (κ1) is 13.2. The van der Waals surface area contributed by atoms with Crippen LogP contribution in [0.3, 0.4) is 0 Å². The highest BCUT2D eigenvalue weighted by atomic mass is 14.5. The summed E-state index contributed by atoms with van der Waals surface area (Å²) in [5.74, 6) is 0. The fourth-order valence-electron chi connectivity index (χ4n) is 2.23. The van der Waals surface area contributed by atoms with Gasteiger partial charge in [-0.25, -0.2) is 0 Å². The molecule has 2 N–H and O–H groups in total. The third-order valence-electron chi connectivity index (χ3n) is 3.52. The van der Waals surface area contributed by atoms with Crippen LogP contribution in [0.25, 0.3) is 0 Å². The highest BCUT2D eigenvalue weighted by molar-refractivity contribution is 5.35. The Hall–Kier alpha value is -0.820. The van der Waals surface area contributed by atoms with Crippen molar-refractivity contribution in [2.45, 2.75) is 52.4 Å². The molecule has 0 saturated heterocycles. The number of benzene rings is 1. The maximum atomic E-state index is 5.68. The van der Waals surface area contributed by atoms with E-state index in [0.717, 1.165) is 25.8 Å². The lowest BCUT2D eigenvalue weighted by Crippen LogP contribution is -2.22. The summed E-state index contributed by atoms with van der Waals surface area (Å²) in [6.45, 7) is 9.76. The average molecular weight is 219 g/mol. The maximum Gasteiger partial charge on any atom is -0.00690 e. The molecule has 0 saturated carbocycles. The predicted octanol–water partition coefficient (Wildman–Crippen LogP) is 3.44. The monoisotopic (exact) mass is 219 g/mol. The van der Waals surface area contributed by atoms with E-state index in [-0.39, 0.29) is 5.41 Å². The van der Waals surface area contributed by atoms with Gasteiger partial charge in [0.2, 0.25) is 0 Å². The molecule has 90 valence electrons. The fourth-order valence-corrected chi connectivity index (χ4v) is 2.23. The molecule has 0 aromatic heterocycles. The molecule has 0 radical (unpaired) electrons. The summed E-state index contributed by atoms with van der Waals surface area (Å²) in [5.41, 5.74) is 10.3. The Kier molecular flexibility index (Phi) is 4.55. The van der Waals surface area contributed by atoms with Gasteiger partial charge in [-0.1, -0.05) is 45.9 Å². The van der Waals surface area contributed by atoms with E-state index in [9.17, 15) is 0 Å². The molecule has 0 unspecified atom stereocenters. The molecule has 1 heteroatoms. The summed E-state index contributed by atoms with van der Waals surface area (Å²) in [6.07, 6.45) is 3.29. The van der Waals surface area contributed by atoms with Crippen LogP contribution < -0.4 is 5.73 Å². The average Bonchev–Trinajstić information content (AvgIpc) is 2.28. The van der Waals surface area contributed by atoms with E-state index in [4.69, 9.17) is 5.73 Å². The van der Waals surface area contributed by atoms with Gasteiger partial charge < -0.3 is 5.73 Å². The molecule has 0 aliphatic carbocycles. The molecule has 0 spiro atoms. The number of hydrogen-bond donors (Lipinski definition) is 1. The van der Waals surface area contributed by atoms with E-state index in [1.54, 1.807) is 0 Å². The molecule has 0 atom stereocenters. The first-order chi connectivity index (χ1) is 7.55. The Morgan fingerprint density at radius 1 is 1.06 bits per heavy atom. The van der Waals surface area contributed by atoms with E-state index in [1.165, 1.54) is 16.7 Å². The van der Waals surface area contributed by atoms with Crippen molar-refractivity contribution in [3.63, 3.8) is 0 Å². The molecule has 0 aliphatic rings. The highest BCUT2D eigenvalue weighted by Gasteiger charge is 2.20. The quantitative estimate of drug-likeness (QED) is 0.806. The Balaban J connectivity index is 3.07. The van der Waals surface area contributed by atoms with Gasteiger partial charge >= 0.3 is 0 Å². The summed E-state index contributed by atoms with van der Waals surface area (Å²) >= 11 is 0. The second-order valence-electron chi connectivity index (χ2n) is 5.11. The lowest BCUT2D eigenvalue weighted by molar-refractivity contribution is 0.487. The number of nitrogens with two attached hydrogens (primary N) is 1. The summed E-state index contributed by atoms with van der Waals surface area (Å²) in [6, 6.07) is 6.93. The molecule has 0 aliphatic heterocycles. The van der Waals surface area contributed by atoms with Crippen LogP contribution in [0.15, 0.2) is 18.2 Å². The molecule has 0 bridgehead atoms. The zero-order valence-electron chi connectivity index (χ0n) is 11.1. The normalized spacial score (nSPS) is 11.8. The maximum absolute atomic E-state index is 5.68. The van der Waals surface area contributed by atoms with E-state index < -0.39 is 0 Å². The molecule has 0 amide bonds. The first-order valence-corrected chi connectivity index (χ1v) is 6.37. The minimum absolute atomic E-state index is 0.199. The molecular weight excluding hydrogens is 194 g/mol. The van der Waals surface area contributed by atoms with Crippen molar-refractivity contribution < 1.29 is 0 Å². The van der Waals surface area contributed by atoms with Crippen LogP contribution in [-0.2, 0) is 18.3 Å². The summed E-state index contributed by atoms with van der Waals surface area (Å²) in [4.78, 5) is 0. The molecule has 1 nitrogen and oxygen atoms in total. The lowest BCUT2D eigenvalue weighted by Gasteiger charge is -2.25. The van der Waals surface area contributed by atoms with Crippen molar-refractivity contribution in [2.75, 3.05) is 6.54 Å². The fraction of sp³-hybridized carbons (Fsp3) is 0.600. The van der Waals surface area contributed by atoms with Crippen molar-refractivity contribution in [2.24, 2.45) is 5.73 Å². The van der Waals surface area contributed by atoms with Gasteiger partial charge in [-0.3, -0.25) is 0 Å². The van der Waals surface area contributed by atoms with Crippen LogP contribution in [0.4, 0.5) is 0 Å². The van der Waals surface area contributed by atoms with Crippen molar-refractivity contribution in [3.05, 3.63) is 34.9 Å². The van der Waals surface area contributed by atoms with Gasteiger partial charge in [0.05, 0.1) is 0 Å². The van der Waals surface area contributed by atoms with Crippen LogP contribution in [0.2, 0.25) is 0 Å². The second-order valence-corrected chi connectivity index (χ2v) is 5.11. The molecular formula is C15H25N. The van der Waals surface area contributed by atoms with Crippen molar-refractivity contribution in [1.29, 1.82) is 0 Å². The standard InChI is InChI=1S/C15H25N/c1-5-12-7-8-14(11-13(12)6-2)15(3,4)9-10-16/h7-8,11H,5-6,9-10,16H2,1-4H3. The summed E-state index contributed by atoms with van der Waals surface area (Å²) in [7, 11) is 0. The van der Waals surface area contributed by atoms with Crippen molar-refractivity contribution >= 4 is 0 Å². The lowest BCUT2D eigenvalue weighted by atomic mass is 9.80. The minimum atomic E-state index is 0.199. The summed E-state index contributed by atoms with van der Waals surface area (Å²) < 4.78 is 0. The van der Waals surface area contributed by atoms with Gasteiger partial charge in [0, 0.05) is 0 Å². The van der Waals surface area contributed by atoms with Gasteiger partial charge in [0.25, 0.3) is 0 Å². The largest absolute Gasteiger partial charge is 0.330 e. The van der Waals surface area contributed by atoms with E-state index in [1.807, 2.05) is 0 Å². The molecule has 1 rings (SSSR count). The van der Waals surface area contributed by atoms with Crippen LogP contribution in [0.5, 0.6) is 0 Å². The Morgan fingerprint density at radius 2 is 1.69 bits per heavy atom. The van der Waals surface area contributed by atoms with Gasteiger partial charge in [-0.05, 0) is 47.9 Å². The Bertz CT molecular complexity index is 339. The third-order valence-corrected chi connectivity index (χ3v) is 3.52. The molecule has 16 heavy (non-hydrogen) atoms. The van der Waals surface area contributed by atoms with Crippen LogP contribution in [-0.4, -0.2) is 6.54 Å². The molecule has 1 aromatic rings. The number of rotatable bonds is 5. The minimum Gasteiger partial charge on any atom is -0.330 e. The van der Waals surface area contributed by atoms with Crippen LogP contribution in [0.1, 0.15) is 50.8 Å². The predicted molar refractivity (Wildman–Crippen MR) is 71.9 cm³/mol. The van der Waals surface area contributed by atoms with Crippen molar-refractivity contribution in [3.8, 4) is 0 Å². The van der Waals surface area contributed by atoms with Gasteiger partial charge in [-0.15, -0.1) is 0 Å². The number of hydrogen-bond acceptors (Lipinski definition) is 1. The molecule has 0 heterocycles. The Labute approximate surface area is 100 Å². The van der Waals surface area contributed by atoms with E-state index in [0.29, 0.717) is 0 Å². The van der Waals surface area contributed by atoms with E-state index >= 15 is 0 Å². The zero-order valence-corrected chi connectivity index (χ0v) is 11.1. The first-order valence-electron chi connectivity index (χ1n) is 6.37. The zero-order chi connectivity index (χ0) is 12.2. The van der Waals surface area contributed by atoms with Gasteiger partial charge in [0.15, 0.2) is 0 Å². The van der Waals surface area contributed by atoms with Gasteiger partial charge in [-0.2, -0.15) is 0 Å². The topological polar surface area (TPSA) is 26.0 Å². The Morgan fingerprint density at radius 3 is 2.19 bits per heavy atom. The second kappa shape index (κ2) is 5.49. The van der Waals surface area contributed by atoms with Crippen LogP contribution >= 0.6 is 0 Å². The third kappa shape index (κ3) is 2.85.